The highest BCUT2D eigenvalue weighted by molar-refractivity contribution is 5.33. The van der Waals surface area contributed by atoms with Crippen LogP contribution in [-0.4, -0.2) is 23.4 Å². The normalized spacial score (nSPS) is 10.9. The predicted octanol–water partition coefficient (Wildman–Crippen LogP) is 2.44. The van der Waals surface area contributed by atoms with Crippen LogP contribution >= 0.6 is 0 Å². The molecule has 0 aliphatic rings. The number of nitrogens with zero attached hydrogens (tertiary/aromatic N) is 2. The zero-order valence-corrected chi connectivity index (χ0v) is 10.5. The van der Waals surface area contributed by atoms with E-state index in [0.717, 1.165) is 37.1 Å². The summed E-state index contributed by atoms with van der Waals surface area (Å²) in [6.45, 7) is 0.880. The van der Waals surface area contributed by atoms with Gasteiger partial charge in [0.1, 0.15) is 0 Å². The Hall–Kier alpha value is -1.82. The van der Waals surface area contributed by atoms with E-state index >= 15 is 0 Å². The maximum Gasteiger partial charge on any atom is 0.194 e. The molecule has 0 spiro atoms. The average Bonchev–Trinajstić information content (AvgIpc) is 2.84. The van der Waals surface area contributed by atoms with E-state index in [0.29, 0.717) is 0 Å². The Morgan fingerprint density at radius 2 is 1.89 bits per heavy atom. The van der Waals surface area contributed by atoms with Gasteiger partial charge in [-0.2, -0.15) is 5.10 Å². The number of rotatable bonds is 5. The summed E-state index contributed by atoms with van der Waals surface area (Å²) < 4.78 is 40.4. The quantitative estimate of drug-likeness (QED) is 0.667. The van der Waals surface area contributed by atoms with Crippen molar-refractivity contribution in [2.24, 2.45) is 0 Å². The molecular weight excluding hydrogens is 255 g/mol. The van der Waals surface area contributed by atoms with Gasteiger partial charge in [0.05, 0.1) is 11.9 Å². The van der Waals surface area contributed by atoms with Crippen molar-refractivity contribution in [3.05, 3.63) is 47.5 Å². The van der Waals surface area contributed by atoms with Gasteiger partial charge in [-0.15, -0.1) is 0 Å². The Kier molecular flexibility index (Phi) is 4.21. The molecule has 6 heteroatoms. The minimum Gasteiger partial charge on any atom is -0.320 e. The molecule has 0 aliphatic heterocycles. The molecule has 2 rings (SSSR count). The van der Waals surface area contributed by atoms with E-state index in [1.54, 1.807) is 12.4 Å². The molecule has 1 N–H and O–H groups in total. The smallest absolute Gasteiger partial charge is 0.194 e. The summed E-state index contributed by atoms with van der Waals surface area (Å²) in [5.41, 5.74) is 1.12. The number of halogens is 3. The van der Waals surface area contributed by atoms with E-state index in [1.165, 1.54) is 4.68 Å². The number of hydrogen-bond acceptors (Lipinski definition) is 2. The van der Waals surface area contributed by atoms with E-state index in [9.17, 15) is 13.2 Å². The fourth-order valence-corrected chi connectivity index (χ4v) is 1.77. The maximum absolute atomic E-state index is 13.1. The summed E-state index contributed by atoms with van der Waals surface area (Å²) >= 11 is 0. The van der Waals surface area contributed by atoms with Crippen molar-refractivity contribution < 1.29 is 13.2 Å². The number of aryl methyl sites for hydroxylation is 1. The third-order valence-corrected chi connectivity index (χ3v) is 2.76. The molecule has 0 saturated carbocycles. The van der Waals surface area contributed by atoms with Gasteiger partial charge < -0.3 is 5.32 Å². The summed E-state index contributed by atoms with van der Waals surface area (Å²) in [6, 6.07) is 1.84. The summed E-state index contributed by atoms with van der Waals surface area (Å²) in [7, 11) is 1.87. The fourth-order valence-electron chi connectivity index (χ4n) is 1.77. The summed E-state index contributed by atoms with van der Waals surface area (Å²) in [5.74, 6) is -3.91. The molecule has 0 saturated heterocycles. The highest BCUT2D eigenvalue weighted by Gasteiger charge is 2.12. The Morgan fingerprint density at radius 3 is 2.53 bits per heavy atom. The molecule has 1 heterocycles. The van der Waals surface area contributed by atoms with Crippen LogP contribution in [0.4, 0.5) is 13.2 Å². The lowest BCUT2D eigenvalue weighted by Crippen LogP contribution is -2.08. The minimum atomic E-state index is -1.47. The van der Waals surface area contributed by atoms with Crippen molar-refractivity contribution in [2.75, 3.05) is 13.6 Å². The molecule has 0 fully saturated rings. The first-order chi connectivity index (χ1) is 9.11. The van der Waals surface area contributed by atoms with Crippen molar-refractivity contribution in [3.63, 3.8) is 0 Å². The minimum absolute atomic E-state index is 0.163. The molecular formula is C13H14F3N3. The Bertz CT molecular complexity index is 543. The van der Waals surface area contributed by atoms with E-state index in [2.05, 4.69) is 10.4 Å². The van der Waals surface area contributed by atoms with Crippen molar-refractivity contribution >= 4 is 0 Å². The number of benzene rings is 1. The van der Waals surface area contributed by atoms with Gasteiger partial charge in [-0.3, -0.25) is 0 Å². The topological polar surface area (TPSA) is 29.9 Å². The lowest BCUT2D eigenvalue weighted by molar-refractivity contribution is 0.446. The second-order valence-electron chi connectivity index (χ2n) is 4.22. The van der Waals surface area contributed by atoms with E-state index in [1.807, 2.05) is 7.05 Å². The van der Waals surface area contributed by atoms with Gasteiger partial charge in [0.2, 0.25) is 0 Å². The largest absolute Gasteiger partial charge is 0.320 e. The highest BCUT2D eigenvalue weighted by Crippen LogP contribution is 2.17. The van der Waals surface area contributed by atoms with E-state index in [-0.39, 0.29) is 5.69 Å². The zero-order chi connectivity index (χ0) is 13.8. The zero-order valence-electron chi connectivity index (χ0n) is 10.5. The molecule has 0 unspecified atom stereocenters. The van der Waals surface area contributed by atoms with Gasteiger partial charge in [0, 0.05) is 18.3 Å². The van der Waals surface area contributed by atoms with Crippen molar-refractivity contribution in [3.8, 4) is 5.69 Å². The highest BCUT2D eigenvalue weighted by atomic mass is 19.2. The van der Waals surface area contributed by atoms with Gasteiger partial charge in [-0.1, -0.05) is 0 Å². The second-order valence-corrected chi connectivity index (χ2v) is 4.22. The standard InChI is InChI=1S/C13H14F3N3/c1-17-4-2-3-9-7-18-19(8-9)10-5-11(14)13(16)12(15)6-10/h5-8,17H,2-4H2,1H3. The van der Waals surface area contributed by atoms with Crippen LogP contribution in [0.1, 0.15) is 12.0 Å². The molecule has 1 aromatic carbocycles. The first-order valence-corrected chi connectivity index (χ1v) is 5.95. The van der Waals surface area contributed by atoms with Gasteiger partial charge in [-0.05, 0) is 32.0 Å². The van der Waals surface area contributed by atoms with Gasteiger partial charge in [0.15, 0.2) is 17.5 Å². The summed E-state index contributed by atoms with van der Waals surface area (Å²) in [5, 5.41) is 7.05. The lowest BCUT2D eigenvalue weighted by Gasteiger charge is -2.03. The number of hydrogen-bond donors (Lipinski definition) is 1. The maximum atomic E-state index is 13.1. The van der Waals surface area contributed by atoms with Crippen LogP contribution in [0.25, 0.3) is 5.69 Å². The van der Waals surface area contributed by atoms with Crippen molar-refractivity contribution in [1.82, 2.24) is 15.1 Å². The van der Waals surface area contributed by atoms with Crippen LogP contribution in [-0.2, 0) is 6.42 Å². The molecule has 0 atom stereocenters. The predicted molar refractivity (Wildman–Crippen MR) is 65.7 cm³/mol. The molecule has 19 heavy (non-hydrogen) atoms. The number of nitrogens with one attached hydrogen (secondary N) is 1. The van der Waals surface area contributed by atoms with Crippen LogP contribution < -0.4 is 5.32 Å². The second kappa shape index (κ2) is 5.88. The summed E-state index contributed by atoms with van der Waals surface area (Å²) in [4.78, 5) is 0. The fraction of sp³-hybridized carbons (Fsp3) is 0.308. The molecule has 1 aromatic heterocycles. The van der Waals surface area contributed by atoms with Crippen LogP contribution in [0.3, 0.4) is 0 Å². The molecule has 0 amide bonds. The third kappa shape index (κ3) is 3.14. The molecule has 2 aromatic rings. The van der Waals surface area contributed by atoms with Gasteiger partial charge in [-0.25, -0.2) is 17.9 Å². The van der Waals surface area contributed by atoms with Gasteiger partial charge in [0.25, 0.3) is 0 Å². The monoisotopic (exact) mass is 269 g/mol. The molecule has 0 radical (unpaired) electrons. The van der Waals surface area contributed by atoms with Crippen molar-refractivity contribution in [1.29, 1.82) is 0 Å². The molecule has 3 nitrogen and oxygen atoms in total. The van der Waals surface area contributed by atoms with Crippen LogP contribution in [0.2, 0.25) is 0 Å². The molecule has 102 valence electrons. The van der Waals surface area contributed by atoms with Crippen molar-refractivity contribution in [2.45, 2.75) is 12.8 Å². The van der Waals surface area contributed by atoms with E-state index < -0.39 is 17.5 Å². The first-order valence-electron chi connectivity index (χ1n) is 5.95. The summed E-state index contributed by atoms with van der Waals surface area (Å²) in [6.07, 6.45) is 5.07. The molecule has 0 aliphatic carbocycles. The van der Waals surface area contributed by atoms with Crippen LogP contribution in [0, 0.1) is 17.5 Å². The average molecular weight is 269 g/mol. The Morgan fingerprint density at radius 1 is 1.21 bits per heavy atom. The SMILES string of the molecule is CNCCCc1cnn(-c2cc(F)c(F)c(F)c2)c1. The Labute approximate surface area is 109 Å². The molecule has 0 bridgehead atoms. The van der Waals surface area contributed by atoms with Crippen LogP contribution in [0.5, 0.6) is 0 Å². The third-order valence-electron chi connectivity index (χ3n) is 2.76. The van der Waals surface area contributed by atoms with Crippen LogP contribution in [0.15, 0.2) is 24.5 Å². The number of aromatic nitrogens is 2. The first kappa shape index (κ1) is 13.6. The van der Waals surface area contributed by atoms with E-state index in [4.69, 9.17) is 0 Å². The lowest BCUT2D eigenvalue weighted by atomic mass is 10.2. The Balaban J connectivity index is 2.18. The van der Waals surface area contributed by atoms with Gasteiger partial charge >= 0.3 is 0 Å².